The topological polar surface area (TPSA) is 30.3 Å². The van der Waals surface area contributed by atoms with Gasteiger partial charge in [-0.25, -0.2) is 9.37 Å². The van der Waals surface area contributed by atoms with E-state index in [1.54, 1.807) is 0 Å². The summed E-state index contributed by atoms with van der Waals surface area (Å²) in [6.45, 7) is 7.25. The van der Waals surface area contributed by atoms with Crippen molar-refractivity contribution >= 4 is 0 Å². The lowest BCUT2D eigenvalue weighted by Crippen LogP contribution is -2.36. The third kappa shape index (κ3) is 3.93. The molecule has 5 heteroatoms. The Bertz CT molecular complexity index is 708. The normalized spacial score (nSPS) is 20.6. The molecule has 4 rings (SSSR count). The van der Waals surface area contributed by atoms with Gasteiger partial charge in [0.1, 0.15) is 5.82 Å². The number of hydrogen-bond donors (Lipinski definition) is 0. The largest absolute Gasteiger partial charge is 0.381 e. The van der Waals surface area contributed by atoms with Crippen LogP contribution in [0.4, 0.5) is 4.39 Å². The van der Waals surface area contributed by atoms with Crippen LogP contribution in [-0.4, -0.2) is 34.2 Å². The van der Waals surface area contributed by atoms with Gasteiger partial charge in [0.05, 0.1) is 18.6 Å². The van der Waals surface area contributed by atoms with Crippen LogP contribution in [0.25, 0.3) is 0 Å². The van der Waals surface area contributed by atoms with E-state index in [0.29, 0.717) is 5.92 Å². The Morgan fingerprint density at radius 1 is 1.24 bits per heavy atom. The highest BCUT2D eigenvalue weighted by Gasteiger charge is 2.31. The first-order valence-electron chi connectivity index (χ1n) is 9.31. The van der Waals surface area contributed by atoms with Crippen LogP contribution in [0.5, 0.6) is 0 Å². The van der Waals surface area contributed by atoms with Crippen molar-refractivity contribution in [2.45, 2.75) is 45.3 Å². The summed E-state index contributed by atoms with van der Waals surface area (Å²) < 4.78 is 21.3. The summed E-state index contributed by atoms with van der Waals surface area (Å²) in [6.07, 6.45) is 4.71. The number of fused-ring (bicyclic) bond motifs is 1. The second-order valence-corrected chi connectivity index (χ2v) is 7.32. The van der Waals surface area contributed by atoms with E-state index in [0.717, 1.165) is 50.9 Å². The second-order valence-electron chi connectivity index (χ2n) is 7.32. The molecule has 1 aromatic carbocycles. The van der Waals surface area contributed by atoms with Crippen molar-refractivity contribution in [1.82, 2.24) is 14.5 Å². The second kappa shape index (κ2) is 7.26. The van der Waals surface area contributed by atoms with Gasteiger partial charge < -0.3 is 9.30 Å². The molecule has 1 fully saturated rings. The maximum absolute atomic E-state index is 13.1. The fourth-order valence-corrected chi connectivity index (χ4v) is 3.78. The molecule has 0 amide bonds. The molecule has 0 N–H and O–H groups in total. The van der Waals surface area contributed by atoms with E-state index in [-0.39, 0.29) is 5.82 Å². The Morgan fingerprint density at radius 2 is 2.04 bits per heavy atom. The van der Waals surface area contributed by atoms with Crippen LogP contribution in [0.3, 0.4) is 0 Å². The summed E-state index contributed by atoms with van der Waals surface area (Å²) in [6, 6.07) is 6.81. The quantitative estimate of drug-likeness (QED) is 0.770. The van der Waals surface area contributed by atoms with Crippen molar-refractivity contribution in [2.75, 3.05) is 19.8 Å². The predicted octanol–water partition coefficient (Wildman–Crippen LogP) is 3.57. The molecule has 0 saturated heterocycles. The Balaban J connectivity index is 1.52. The smallest absolute Gasteiger partial charge is 0.123 e. The molecule has 2 aromatic rings. The first kappa shape index (κ1) is 16.7. The van der Waals surface area contributed by atoms with Gasteiger partial charge in [0.25, 0.3) is 0 Å². The molecule has 0 unspecified atom stereocenters. The number of benzene rings is 1. The van der Waals surface area contributed by atoms with Crippen LogP contribution < -0.4 is 0 Å². The zero-order chi connectivity index (χ0) is 17.2. The van der Waals surface area contributed by atoms with E-state index in [1.165, 1.54) is 36.4 Å². The van der Waals surface area contributed by atoms with Crippen molar-refractivity contribution in [3.8, 4) is 0 Å². The van der Waals surface area contributed by atoms with E-state index in [9.17, 15) is 4.39 Å². The maximum atomic E-state index is 13.1. The number of imidazole rings is 1. The molecule has 2 heterocycles. The van der Waals surface area contributed by atoms with Gasteiger partial charge in [-0.3, -0.25) is 4.90 Å². The Hall–Kier alpha value is -1.72. The summed E-state index contributed by atoms with van der Waals surface area (Å²) in [5.74, 6) is 1.01. The molecule has 4 nitrogen and oxygen atoms in total. The van der Waals surface area contributed by atoms with Gasteiger partial charge in [-0.1, -0.05) is 12.1 Å². The van der Waals surface area contributed by atoms with Crippen LogP contribution in [0.1, 0.15) is 42.6 Å². The molecule has 1 atom stereocenters. The van der Waals surface area contributed by atoms with E-state index in [4.69, 9.17) is 9.72 Å². The Morgan fingerprint density at radius 3 is 2.76 bits per heavy atom. The first-order valence-corrected chi connectivity index (χ1v) is 9.31. The van der Waals surface area contributed by atoms with Gasteiger partial charge in [-0.15, -0.1) is 0 Å². The van der Waals surface area contributed by atoms with Gasteiger partial charge in [0.15, 0.2) is 0 Å². The number of hydrogen-bond acceptors (Lipinski definition) is 3. The molecule has 2 aliphatic rings. The lowest BCUT2D eigenvalue weighted by atomic mass is 9.98. The molecule has 1 aliphatic carbocycles. The van der Waals surface area contributed by atoms with E-state index >= 15 is 0 Å². The zero-order valence-corrected chi connectivity index (χ0v) is 14.8. The Kier molecular flexibility index (Phi) is 4.86. The van der Waals surface area contributed by atoms with Crippen molar-refractivity contribution < 1.29 is 9.13 Å². The third-order valence-corrected chi connectivity index (χ3v) is 5.19. The highest BCUT2D eigenvalue weighted by atomic mass is 19.1. The highest BCUT2D eigenvalue weighted by Crippen LogP contribution is 2.34. The fraction of sp³-hybridized carbons (Fsp3) is 0.550. The Labute approximate surface area is 148 Å². The predicted molar refractivity (Wildman–Crippen MR) is 94.7 cm³/mol. The fourth-order valence-electron chi connectivity index (χ4n) is 3.78. The lowest BCUT2D eigenvalue weighted by molar-refractivity contribution is 0.102. The number of nitrogens with zero attached hydrogens (tertiary/aromatic N) is 3. The monoisotopic (exact) mass is 343 g/mol. The zero-order valence-electron chi connectivity index (χ0n) is 14.8. The van der Waals surface area contributed by atoms with Gasteiger partial charge >= 0.3 is 0 Å². The summed E-state index contributed by atoms with van der Waals surface area (Å²) in [5, 5.41) is 0. The summed E-state index contributed by atoms with van der Waals surface area (Å²) in [4.78, 5) is 7.10. The number of ether oxygens (including phenoxy) is 1. The molecule has 1 saturated carbocycles. The minimum atomic E-state index is -0.183. The van der Waals surface area contributed by atoms with Crippen LogP contribution >= 0.6 is 0 Å². The summed E-state index contributed by atoms with van der Waals surface area (Å²) in [5.41, 5.74) is 3.69. The minimum absolute atomic E-state index is 0.183. The third-order valence-electron chi connectivity index (χ3n) is 5.19. The number of aromatic nitrogens is 2. The van der Waals surface area contributed by atoms with Gasteiger partial charge in [0.2, 0.25) is 0 Å². The van der Waals surface area contributed by atoms with Crippen LogP contribution in [-0.2, 0) is 24.4 Å². The highest BCUT2D eigenvalue weighted by molar-refractivity contribution is 5.23. The molecule has 0 radical (unpaired) electrons. The van der Waals surface area contributed by atoms with E-state index in [2.05, 4.69) is 9.47 Å². The molecule has 0 bridgehead atoms. The minimum Gasteiger partial charge on any atom is -0.381 e. The van der Waals surface area contributed by atoms with Crippen molar-refractivity contribution in [1.29, 1.82) is 0 Å². The average molecular weight is 343 g/mol. The van der Waals surface area contributed by atoms with Crippen molar-refractivity contribution in [2.24, 2.45) is 5.92 Å². The molecule has 134 valence electrons. The van der Waals surface area contributed by atoms with Crippen LogP contribution in [0.2, 0.25) is 0 Å². The van der Waals surface area contributed by atoms with Crippen molar-refractivity contribution in [3.05, 3.63) is 53.4 Å². The number of rotatable bonds is 7. The van der Waals surface area contributed by atoms with Crippen molar-refractivity contribution in [3.63, 3.8) is 0 Å². The van der Waals surface area contributed by atoms with Gasteiger partial charge in [-0.05, 0) is 43.4 Å². The standard InChI is InChI=1S/C20H26FN3O/c1-2-25-13-17-11-23(9-15-5-7-18(21)8-6-15)12-19-20(17)24(14-22-19)10-16-3-4-16/h5-8,14,16-17H,2-4,9-13H2,1H3/t17-/m0/s1. The summed E-state index contributed by atoms with van der Waals surface area (Å²) >= 11 is 0. The maximum Gasteiger partial charge on any atom is 0.123 e. The average Bonchev–Trinajstić information content (AvgIpc) is 3.34. The molecule has 1 aliphatic heterocycles. The summed E-state index contributed by atoms with van der Waals surface area (Å²) in [7, 11) is 0. The molecule has 25 heavy (non-hydrogen) atoms. The van der Waals surface area contributed by atoms with Crippen LogP contribution in [0, 0.1) is 11.7 Å². The molecular weight excluding hydrogens is 317 g/mol. The van der Waals surface area contributed by atoms with Gasteiger partial charge in [0, 0.05) is 44.4 Å². The number of halogens is 1. The lowest BCUT2D eigenvalue weighted by Gasteiger charge is -2.33. The van der Waals surface area contributed by atoms with Crippen LogP contribution in [0.15, 0.2) is 30.6 Å². The van der Waals surface area contributed by atoms with E-state index in [1.807, 2.05) is 25.4 Å². The molecular formula is C20H26FN3O. The molecule has 1 aromatic heterocycles. The SMILES string of the molecule is CCOC[C@@H]1CN(Cc2ccc(F)cc2)Cc2ncn(CC3CC3)c21. The van der Waals surface area contributed by atoms with E-state index < -0.39 is 0 Å². The first-order chi connectivity index (χ1) is 12.2. The van der Waals surface area contributed by atoms with Gasteiger partial charge in [-0.2, -0.15) is 0 Å². The molecule has 0 spiro atoms.